The summed E-state index contributed by atoms with van der Waals surface area (Å²) in [6, 6.07) is 0. The summed E-state index contributed by atoms with van der Waals surface area (Å²) >= 11 is 0. The van der Waals surface area contributed by atoms with Gasteiger partial charge < -0.3 is 4.48 Å². The molecule has 0 aliphatic carbocycles. The molecule has 124 valence electrons. The van der Waals surface area contributed by atoms with E-state index >= 15 is 0 Å². The maximum atomic E-state index is 4.13. The van der Waals surface area contributed by atoms with Gasteiger partial charge in [-0.05, 0) is 31.6 Å². The maximum absolute atomic E-state index is 4.13. The van der Waals surface area contributed by atoms with Crippen LogP contribution < -0.4 is 0 Å². The molecule has 2 fully saturated rings. The highest BCUT2D eigenvalue weighted by atomic mass is 15.4. The summed E-state index contributed by atoms with van der Waals surface area (Å²) in [5, 5.41) is 0. The number of nitrogens with zero attached hydrogens (tertiary/aromatic N) is 1. The molecule has 2 aliphatic heterocycles. The highest BCUT2D eigenvalue weighted by molar-refractivity contribution is 5.08. The van der Waals surface area contributed by atoms with Gasteiger partial charge in [0.1, 0.15) is 5.54 Å². The molecular formula is C20H40N+. The van der Waals surface area contributed by atoms with Crippen molar-refractivity contribution in [2.45, 2.75) is 86.1 Å². The van der Waals surface area contributed by atoms with Gasteiger partial charge in [0.05, 0.1) is 19.6 Å². The van der Waals surface area contributed by atoms with E-state index in [0.717, 1.165) is 0 Å². The average molecular weight is 295 g/mol. The Morgan fingerprint density at radius 2 is 1.38 bits per heavy atom. The zero-order valence-corrected chi connectivity index (χ0v) is 15.9. The first-order valence-corrected chi connectivity index (χ1v) is 9.22. The lowest BCUT2D eigenvalue weighted by atomic mass is 9.56. The summed E-state index contributed by atoms with van der Waals surface area (Å²) in [6.45, 7) is 24.7. The van der Waals surface area contributed by atoms with Crippen LogP contribution in [0.2, 0.25) is 0 Å². The van der Waals surface area contributed by atoms with Crippen LogP contribution in [0.25, 0.3) is 0 Å². The Hall–Kier alpha value is -0.300. The molecule has 0 aromatic heterocycles. The predicted octanol–water partition coefficient (Wildman–Crippen LogP) is 5.80. The van der Waals surface area contributed by atoms with E-state index in [1.165, 1.54) is 56.2 Å². The lowest BCUT2D eigenvalue weighted by Crippen LogP contribution is -2.69. The minimum Gasteiger partial charge on any atom is -0.319 e. The van der Waals surface area contributed by atoms with Gasteiger partial charge in [-0.1, -0.05) is 47.6 Å². The van der Waals surface area contributed by atoms with Gasteiger partial charge >= 0.3 is 0 Å². The Kier molecular flexibility index (Phi) is 5.75. The molecule has 0 bridgehead atoms. The van der Waals surface area contributed by atoms with Crippen molar-refractivity contribution in [3.05, 3.63) is 12.7 Å². The maximum Gasteiger partial charge on any atom is 0.103 e. The van der Waals surface area contributed by atoms with Gasteiger partial charge in [-0.25, -0.2) is 0 Å². The fourth-order valence-electron chi connectivity index (χ4n) is 4.90. The lowest BCUT2D eigenvalue weighted by Gasteiger charge is -2.60. The fourth-order valence-corrected chi connectivity index (χ4v) is 4.90. The zero-order valence-electron chi connectivity index (χ0n) is 15.9. The van der Waals surface area contributed by atoms with Crippen LogP contribution in [0.15, 0.2) is 12.7 Å². The molecule has 21 heavy (non-hydrogen) atoms. The monoisotopic (exact) mass is 294 g/mol. The molecule has 0 aromatic rings. The van der Waals surface area contributed by atoms with Crippen LogP contribution >= 0.6 is 0 Å². The van der Waals surface area contributed by atoms with Gasteiger partial charge in [-0.2, -0.15) is 0 Å². The first kappa shape index (κ1) is 18.7. The molecule has 2 aliphatic rings. The lowest BCUT2D eigenvalue weighted by molar-refractivity contribution is -0.974. The Balaban J connectivity index is 0.00000106. The van der Waals surface area contributed by atoms with Crippen LogP contribution in [0.3, 0.4) is 0 Å². The third kappa shape index (κ3) is 2.71. The summed E-state index contributed by atoms with van der Waals surface area (Å²) in [5.41, 5.74) is 0.884. The summed E-state index contributed by atoms with van der Waals surface area (Å²) in [4.78, 5) is 0. The number of quaternary nitrogens is 1. The molecule has 0 N–H and O–H groups in total. The van der Waals surface area contributed by atoms with E-state index in [0.29, 0.717) is 5.54 Å². The largest absolute Gasteiger partial charge is 0.319 e. The quantitative estimate of drug-likeness (QED) is 0.455. The molecular weight excluding hydrogens is 254 g/mol. The first-order valence-electron chi connectivity index (χ1n) is 9.22. The van der Waals surface area contributed by atoms with Gasteiger partial charge in [0.2, 0.25) is 0 Å². The van der Waals surface area contributed by atoms with E-state index in [1.54, 1.807) is 0 Å². The molecule has 0 radical (unpaired) electrons. The molecule has 0 aromatic carbocycles. The van der Waals surface area contributed by atoms with Gasteiger partial charge in [-0.15, -0.1) is 6.58 Å². The number of hydrogen-bond acceptors (Lipinski definition) is 0. The Morgan fingerprint density at radius 1 is 0.905 bits per heavy atom. The van der Waals surface area contributed by atoms with Crippen LogP contribution in [-0.4, -0.2) is 29.7 Å². The average Bonchev–Trinajstić information content (AvgIpc) is 2.80. The molecule has 1 unspecified atom stereocenters. The number of hydrogen-bond donors (Lipinski definition) is 0. The van der Waals surface area contributed by atoms with Crippen molar-refractivity contribution in [1.82, 2.24) is 0 Å². The first-order chi connectivity index (χ1) is 9.72. The minimum absolute atomic E-state index is 0.189. The van der Waals surface area contributed by atoms with E-state index in [-0.39, 0.29) is 10.8 Å². The van der Waals surface area contributed by atoms with E-state index in [4.69, 9.17) is 0 Å². The van der Waals surface area contributed by atoms with Gasteiger partial charge in [0, 0.05) is 18.3 Å². The zero-order chi connectivity index (χ0) is 16.4. The molecule has 1 spiro atoms. The highest BCUT2D eigenvalue weighted by Crippen LogP contribution is 2.57. The third-order valence-electron chi connectivity index (χ3n) is 7.44. The number of allylic oxidation sites excluding steroid dienone is 1. The van der Waals surface area contributed by atoms with Crippen molar-refractivity contribution < 1.29 is 4.48 Å². The summed E-state index contributed by atoms with van der Waals surface area (Å²) in [5.74, 6) is 0. The summed E-state index contributed by atoms with van der Waals surface area (Å²) in [7, 11) is 0. The van der Waals surface area contributed by atoms with Crippen LogP contribution in [-0.2, 0) is 0 Å². The van der Waals surface area contributed by atoms with Crippen LogP contribution in [0, 0.1) is 10.8 Å². The van der Waals surface area contributed by atoms with Gasteiger partial charge in [0.25, 0.3) is 0 Å². The SMILES string of the molecule is C=CC(C)(C)C(C)(C)C1(C)CCC[N+]12CCCCC2.CC. The summed E-state index contributed by atoms with van der Waals surface area (Å²) < 4.78 is 1.39. The molecule has 2 saturated heterocycles. The minimum atomic E-state index is 0.189. The molecule has 1 atom stereocenters. The van der Waals surface area contributed by atoms with Crippen molar-refractivity contribution in [2.24, 2.45) is 10.8 Å². The second kappa shape index (κ2) is 6.44. The normalized spacial score (nSPS) is 28.9. The highest BCUT2D eigenvalue weighted by Gasteiger charge is 2.63. The Labute approximate surface area is 134 Å². The fraction of sp³-hybridized carbons (Fsp3) is 0.900. The molecule has 2 rings (SSSR count). The van der Waals surface area contributed by atoms with E-state index in [9.17, 15) is 0 Å². The molecule has 0 saturated carbocycles. The number of piperidine rings is 1. The van der Waals surface area contributed by atoms with Crippen LogP contribution in [0.1, 0.15) is 80.6 Å². The van der Waals surface area contributed by atoms with E-state index in [2.05, 4.69) is 47.3 Å². The van der Waals surface area contributed by atoms with E-state index in [1.807, 2.05) is 13.8 Å². The van der Waals surface area contributed by atoms with Crippen molar-refractivity contribution >= 4 is 0 Å². The molecule has 1 heteroatoms. The second-order valence-corrected chi connectivity index (χ2v) is 8.30. The standard InChI is InChI=1S/C18H34N.C2H6/c1-7-16(2,3)17(4,5)18(6)12-11-15-19(18)13-9-8-10-14-19;1-2/h7H,1,8-15H2,2-6H3;1-2H3/q+1;. The van der Waals surface area contributed by atoms with Crippen molar-refractivity contribution in [3.63, 3.8) is 0 Å². The molecule has 1 nitrogen and oxygen atoms in total. The van der Waals surface area contributed by atoms with Crippen molar-refractivity contribution in [1.29, 1.82) is 0 Å². The van der Waals surface area contributed by atoms with Crippen LogP contribution in [0.4, 0.5) is 0 Å². The van der Waals surface area contributed by atoms with Crippen molar-refractivity contribution in [3.8, 4) is 0 Å². The summed E-state index contributed by atoms with van der Waals surface area (Å²) in [6.07, 6.45) is 9.29. The molecule has 0 amide bonds. The van der Waals surface area contributed by atoms with Gasteiger partial charge in [-0.3, -0.25) is 0 Å². The molecule has 2 heterocycles. The number of rotatable bonds is 3. The third-order valence-corrected chi connectivity index (χ3v) is 7.44. The Bertz CT molecular complexity index is 347. The topological polar surface area (TPSA) is 0 Å². The van der Waals surface area contributed by atoms with Gasteiger partial charge in [0.15, 0.2) is 0 Å². The van der Waals surface area contributed by atoms with Crippen molar-refractivity contribution in [2.75, 3.05) is 19.6 Å². The van der Waals surface area contributed by atoms with Crippen LogP contribution in [0.5, 0.6) is 0 Å². The predicted molar refractivity (Wildman–Crippen MR) is 95.5 cm³/mol. The Morgan fingerprint density at radius 3 is 1.86 bits per heavy atom. The second-order valence-electron chi connectivity index (χ2n) is 8.30. The van der Waals surface area contributed by atoms with E-state index < -0.39 is 0 Å². The smallest absolute Gasteiger partial charge is 0.103 e.